The predicted molar refractivity (Wildman–Crippen MR) is 136 cm³/mol. The van der Waals surface area contributed by atoms with E-state index in [1.54, 1.807) is 6.33 Å². The molecule has 160 valence electrons. The van der Waals surface area contributed by atoms with Crippen molar-refractivity contribution in [3.63, 3.8) is 0 Å². The largest absolute Gasteiger partial charge is 0.352 e. The summed E-state index contributed by atoms with van der Waals surface area (Å²) < 4.78 is 0. The molecule has 0 bridgehead atoms. The number of aryl methyl sites for hydroxylation is 1. The molecule has 1 amide bonds. The maximum absolute atomic E-state index is 11.9. The van der Waals surface area contributed by atoms with Gasteiger partial charge in [0.25, 0.3) is 0 Å². The average Bonchev–Trinajstić information content (AvgIpc) is 2.83. The van der Waals surface area contributed by atoms with Crippen molar-refractivity contribution in [2.75, 3.05) is 31.1 Å². The van der Waals surface area contributed by atoms with Crippen LogP contribution in [0.1, 0.15) is 5.56 Å². The van der Waals surface area contributed by atoms with Crippen molar-refractivity contribution < 1.29 is 4.79 Å². The molecule has 0 radical (unpaired) electrons. The summed E-state index contributed by atoms with van der Waals surface area (Å²) in [7, 11) is 0.922. The fourth-order valence-corrected chi connectivity index (χ4v) is 5.41. The highest BCUT2D eigenvalue weighted by molar-refractivity contribution is 6.38. The molecule has 1 saturated heterocycles. The van der Waals surface area contributed by atoms with Crippen LogP contribution in [0.5, 0.6) is 0 Å². The number of nitrogens with zero attached hydrogens (tertiary/aromatic N) is 4. The van der Waals surface area contributed by atoms with Crippen molar-refractivity contribution in [3.8, 4) is 11.1 Å². The van der Waals surface area contributed by atoms with E-state index in [1.807, 2.05) is 4.90 Å². The number of fused-ring (bicyclic) bond motifs is 2. The van der Waals surface area contributed by atoms with Gasteiger partial charge in [0.05, 0.1) is 5.52 Å². The first-order valence-corrected chi connectivity index (χ1v) is 12.0. The fourth-order valence-electron chi connectivity index (χ4n) is 4.72. The highest BCUT2D eigenvalue weighted by Crippen LogP contribution is 2.33. The molecular formula is C26H26N4OSi. The Morgan fingerprint density at radius 1 is 1.03 bits per heavy atom. The zero-order valence-corrected chi connectivity index (χ0v) is 20.5. The van der Waals surface area contributed by atoms with E-state index < -0.39 is 0 Å². The van der Waals surface area contributed by atoms with Gasteiger partial charge in [-0.05, 0) is 46.5 Å². The molecule has 5 nitrogen and oxygen atoms in total. The van der Waals surface area contributed by atoms with E-state index in [4.69, 9.17) is 0 Å². The van der Waals surface area contributed by atoms with Crippen LogP contribution in [0.25, 0.3) is 32.8 Å². The lowest BCUT2D eigenvalue weighted by atomic mass is 9.93. The lowest BCUT2D eigenvalue weighted by Gasteiger charge is -2.35. The van der Waals surface area contributed by atoms with Gasteiger partial charge in [0, 0.05) is 41.8 Å². The fraction of sp³-hybridized carbons (Fsp3) is 0.192. The van der Waals surface area contributed by atoms with Gasteiger partial charge in [-0.1, -0.05) is 54.2 Å². The second-order valence-electron chi connectivity index (χ2n) is 8.38. The van der Waals surface area contributed by atoms with Gasteiger partial charge < -0.3 is 9.80 Å². The average molecular weight is 439 g/mol. The molecule has 3 aromatic carbocycles. The first-order chi connectivity index (χ1) is 15.6. The minimum absolute atomic E-state index is 0.00543. The number of hydrogen-bond acceptors (Lipinski definition) is 4. The third-order valence-electron chi connectivity index (χ3n) is 6.43. The predicted octanol–water partition coefficient (Wildman–Crippen LogP) is 2.58. The van der Waals surface area contributed by atoms with Gasteiger partial charge in [0.1, 0.15) is 12.1 Å². The number of carbonyl (C=O) groups is 1. The monoisotopic (exact) mass is 438 g/mol. The summed E-state index contributed by atoms with van der Waals surface area (Å²) in [5.74, 6) is 0.952. The number of amides is 1. The van der Waals surface area contributed by atoms with Gasteiger partial charge >= 0.3 is 0 Å². The molecule has 1 aliphatic rings. The number of hydrogen-bond donors (Lipinski definition) is 0. The summed E-state index contributed by atoms with van der Waals surface area (Å²) in [4.78, 5) is 25.3. The standard InChI is InChI=1S/C26H26N4OSi/c1-3-24(31)29-10-12-30(13-11-29)26-20-15-23(32)21(14-22(20)27-16-28-26)25-17(2)8-9-18-6-4-5-7-19(18)25/h3-9,14-16H,1,10-13H2,2,32H3. The summed E-state index contributed by atoms with van der Waals surface area (Å²) in [6.45, 7) is 8.65. The zero-order chi connectivity index (χ0) is 22.2. The van der Waals surface area contributed by atoms with Crippen LogP contribution in [0.3, 0.4) is 0 Å². The van der Waals surface area contributed by atoms with E-state index in [1.165, 1.54) is 38.7 Å². The van der Waals surface area contributed by atoms with E-state index >= 15 is 0 Å². The Bertz CT molecular complexity index is 1360. The topological polar surface area (TPSA) is 49.3 Å². The summed E-state index contributed by atoms with van der Waals surface area (Å²) in [6, 6.07) is 17.5. The van der Waals surface area contributed by atoms with Crippen LogP contribution in [-0.2, 0) is 4.79 Å². The Balaban J connectivity index is 1.58. The Morgan fingerprint density at radius 2 is 1.81 bits per heavy atom. The van der Waals surface area contributed by atoms with Crippen LogP contribution in [0.15, 0.2) is 67.5 Å². The van der Waals surface area contributed by atoms with E-state index in [-0.39, 0.29) is 5.91 Å². The van der Waals surface area contributed by atoms with Gasteiger partial charge in [-0.2, -0.15) is 0 Å². The summed E-state index contributed by atoms with van der Waals surface area (Å²) in [5.41, 5.74) is 4.80. The molecule has 0 atom stereocenters. The quantitative estimate of drug-likeness (QED) is 0.364. The Labute approximate surface area is 190 Å². The highest BCUT2D eigenvalue weighted by Gasteiger charge is 2.22. The number of rotatable bonds is 3. The van der Waals surface area contributed by atoms with Crippen LogP contribution in [-0.4, -0.2) is 57.2 Å². The van der Waals surface area contributed by atoms with Gasteiger partial charge in [-0.25, -0.2) is 9.97 Å². The summed E-state index contributed by atoms with van der Waals surface area (Å²) in [5, 5.41) is 4.96. The molecule has 0 N–H and O–H groups in total. The van der Waals surface area contributed by atoms with Crippen molar-refractivity contribution in [2.24, 2.45) is 0 Å². The zero-order valence-electron chi connectivity index (χ0n) is 18.5. The van der Waals surface area contributed by atoms with Crippen molar-refractivity contribution in [2.45, 2.75) is 6.92 Å². The molecular weight excluding hydrogens is 412 g/mol. The number of benzene rings is 3. The molecule has 1 aromatic heterocycles. The number of carbonyl (C=O) groups excluding carboxylic acids is 1. The molecule has 0 unspecified atom stereocenters. The van der Waals surface area contributed by atoms with E-state index in [0.29, 0.717) is 13.1 Å². The first-order valence-electron chi connectivity index (χ1n) is 11.0. The third kappa shape index (κ3) is 3.46. The van der Waals surface area contributed by atoms with Crippen LogP contribution in [0, 0.1) is 6.92 Å². The van der Waals surface area contributed by atoms with Gasteiger partial charge in [0.15, 0.2) is 0 Å². The van der Waals surface area contributed by atoms with Crippen molar-refractivity contribution >= 4 is 48.8 Å². The van der Waals surface area contributed by atoms with Crippen molar-refractivity contribution in [3.05, 3.63) is 73.1 Å². The number of anilines is 1. The highest BCUT2D eigenvalue weighted by atomic mass is 28.1. The molecule has 2 heterocycles. The minimum Gasteiger partial charge on any atom is -0.352 e. The Morgan fingerprint density at radius 3 is 2.59 bits per heavy atom. The van der Waals surface area contributed by atoms with Crippen molar-refractivity contribution in [1.82, 2.24) is 14.9 Å². The molecule has 0 spiro atoms. The smallest absolute Gasteiger partial charge is 0.246 e. The molecule has 0 aliphatic carbocycles. The van der Waals surface area contributed by atoms with Crippen LogP contribution in [0.4, 0.5) is 5.82 Å². The third-order valence-corrected chi connectivity index (χ3v) is 7.26. The van der Waals surface area contributed by atoms with Gasteiger partial charge in [-0.15, -0.1) is 0 Å². The first kappa shape index (κ1) is 20.4. The van der Waals surface area contributed by atoms with E-state index in [0.717, 1.165) is 40.1 Å². The van der Waals surface area contributed by atoms with Gasteiger partial charge in [0.2, 0.25) is 5.91 Å². The second-order valence-corrected chi connectivity index (χ2v) is 9.45. The van der Waals surface area contributed by atoms with E-state index in [9.17, 15) is 4.79 Å². The maximum atomic E-state index is 11.9. The molecule has 4 aromatic rings. The normalized spacial score (nSPS) is 14.3. The van der Waals surface area contributed by atoms with Crippen LogP contribution < -0.4 is 10.1 Å². The molecule has 1 fully saturated rings. The second kappa shape index (κ2) is 8.20. The SMILES string of the molecule is C=CC(=O)N1CCN(c2ncnc3cc(-c4c(C)ccc5ccccc45)c([SiH3])cc23)CC1. The maximum Gasteiger partial charge on any atom is 0.246 e. The minimum atomic E-state index is -0.00543. The lowest BCUT2D eigenvalue weighted by Crippen LogP contribution is -2.48. The van der Waals surface area contributed by atoms with Crippen LogP contribution in [0.2, 0.25) is 0 Å². The summed E-state index contributed by atoms with van der Waals surface area (Å²) >= 11 is 0. The molecule has 32 heavy (non-hydrogen) atoms. The molecule has 5 rings (SSSR count). The van der Waals surface area contributed by atoms with Crippen molar-refractivity contribution in [1.29, 1.82) is 0 Å². The Hall–Kier alpha value is -3.51. The van der Waals surface area contributed by atoms with Gasteiger partial charge in [-0.3, -0.25) is 4.79 Å². The molecule has 1 aliphatic heterocycles. The van der Waals surface area contributed by atoms with Crippen LogP contribution >= 0.6 is 0 Å². The lowest BCUT2D eigenvalue weighted by molar-refractivity contribution is -0.126. The van der Waals surface area contributed by atoms with E-state index in [2.05, 4.69) is 76.9 Å². The number of aromatic nitrogens is 2. The molecule has 0 saturated carbocycles. The summed E-state index contributed by atoms with van der Waals surface area (Å²) in [6.07, 6.45) is 3.05. The number of piperazine rings is 1. The molecule has 6 heteroatoms. The Kier molecular flexibility index (Phi) is 5.23.